The quantitative estimate of drug-likeness (QED) is 0.133. The predicted molar refractivity (Wildman–Crippen MR) is 142 cm³/mol. The molecule has 0 saturated carbocycles. The maximum Gasteiger partial charge on any atom is 0.329 e. The Bertz CT molecular complexity index is 1490. The van der Waals surface area contributed by atoms with Gasteiger partial charge in [0.25, 0.3) is 5.69 Å². The first-order valence-corrected chi connectivity index (χ1v) is 13.2. The second-order valence-corrected chi connectivity index (χ2v) is 11.5. The number of nitro benzene ring substituents is 1. The van der Waals surface area contributed by atoms with Crippen molar-refractivity contribution in [1.82, 2.24) is 4.90 Å². The topological polar surface area (TPSA) is 107 Å². The summed E-state index contributed by atoms with van der Waals surface area (Å²) in [7, 11) is 0. The number of carbonyl (C=O) groups is 3. The highest BCUT2D eigenvalue weighted by atomic mass is 35.5. The number of esters is 1. The van der Waals surface area contributed by atoms with Crippen LogP contribution in [0.5, 0.6) is 0 Å². The molecule has 1 aliphatic heterocycles. The molecule has 39 heavy (non-hydrogen) atoms. The second-order valence-electron chi connectivity index (χ2n) is 9.83. The molecule has 11 heteroatoms. The fourth-order valence-corrected chi connectivity index (χ4v) is 7.54. The van der Waals surface area contributed by atoms with Gasteiger partial charge in [-0.15, -0.1) is 23.2 Å². The molecule has 3 atom stereocenters. The summed E-state index contributed by atoms with van der Waals surface area (Å²) in [6.45, 7) is 0.922. The lowest BCUT2D eigenvalue weighted by atomic mass is 9.54. The van der Waals surface area contributed by atoms with Crippen LogP contribution in [-0.2, 0) is 35.5 Å². The standard InChI is InChI=1S/C28H19Cl3N2O6/c1-14(26(36)39-13-15-10-11-16(29)12-21(15)33(37)38)32-24(34)22-23(25(32)35)28(31)18-7-3-2-6-17(18)27(22,30)19-8-4-5-9-20(19)28/h2-12,14,22-23H,13H2,1H3/t14-,22-,23-,27?,28?/m1/s1. The van der Waals surface area contributed by atoms with Gasteiger partial charge in [-0.05, 0) is 41.3 Å². The van der Waals surface area contributed by atoms with Gasteiger partial charge in [0.05, 0.1) is 22.3 Å². The third kappa shape index (κ3) is 3.35. The van der Waals surface area contributed by atoms with Crippen molar-refractivity contribution >= 4 is 58.3 Å². The first kappa shape index (κ1) is 25.8. The predicted octanol–water partition coefficient (Wildman–Crippen LogP) is 5.27. The molecule has 2 bridgehead atoms. The van der Waals surface area contributed by atoms with Crippen LogP contribution in [-0.4, -0.2) is 33.6 Å². The third-order valence-corrected chi connectivity index (χ3v) is 9.48. The second kappa shape index (κ2) is 8.78. The van der Waals surface area contributed by atoms with Crippen molar-refractivity contribution < 1.29 is 24.0 Å². The van der Waals surface area contributed by atoms with Crippen LogP contribution >= 0.6 is 34.8 Å². The molecule has 3 aromatic carbocycles. The highest BCUT2D eigenvalue weighted by Crippen LogP contribution is 2.69. The molecule has 1 saturated heterocycles. The zero-order chi connectivity index (χ0) is 27.9. The van der Waals surface area contributed by atoms with E-state index >= 15 is 0 Å². The van der Waals surface area contributed by atoms with Gasteiger partial charge in [0, 0.05) is 11.1 Å². The fourth-order valence-electron chi connectivity index (χ4n) is 6.27. The molecule has 3 aromatic rings. The molecule has 1 heterocycles. The number of alkyl halides is 2. The van der Waals surface area contributed by atoms with Crippen molar-refractivity contribution in [2.75, 3.05) is 0 Å². The number of halogens is 3. The molecule has 3 aliphatic carbocycles. The highest BCUT2D eigenvalue weighted by molar-refractivity contribution is 6.36. The minimum absolute atomic E-state index is 0.112. The van der Waals surface area contributed by atoms with E-state index < -0.39 is 56.9 Å². The molecule has 4 aliphatic rings. The summed E-state index contributed by atoms with van der Waals surface area (Å²) < 4.78 is 5.33. The summed E-state index contributed by atoms with van der Waals surface area (Å²) >= 11 is 20.6. The van der Waals surface area contributed by atoms with Gasteiger partial charge in [0.15, 0.2) is 0 Å². The molecule has 0 spiro atoms. The molecule has 8 nitrogen and oxygen atoms in total. The minimum Gasteiger partial charge on any atom is -0.459 e. The number of imide groups is 1. The zero-order valence-electron chi connectivity index (χ0n) is 20.3. The molecule has 1 fully saturated rings. The number of benzene rings is 3. The van der Waals surface area contributed by atoms with Crippen molar-refractivity contribution in [1.29, 1.82) is 0 Å². The molecule has 0 aromatic heterocycles. The van der Waals surface area contributed by atoms with E-state index in [2.05, 4.69) is 0 Å². The first-order valence-electron chi connectivity index (χ1n) is 12.1. The van der Waals surface area contributed by atoms with E-state index in [0.717, 1.165) is 11.0 Å². The largest absolute Gasteiger partial charge is 0.459 e. The van der Waals surface area contributed by atoms with Crippen molar-refractivity contribution in [3.63, 3.8) is 0 Å². The lowest BCUT2D eigenvalue weighted by Crippen LogP contribution is -2.57. The summed E-state index contributed by atoms with van der Waals surface area (Å²) in [5.41, 5.74) is 2.39. The van der Waals surface area contributed by atoms with Gasteiger partial charge >= 0.3 is 5.97 Å². The van der Waals surface area contributed by atoms with Gasteiger partial charge < -0.3 is 4.74 Å². The van der Waals surface area contributed by atoms with Gasteiger partial charge in [-0.25, -0.2) is 4.79 Å². The maximum atomic E-state index is 14.0. The van der Waals surface area contributed by atoms with Crippen LogP contribution in [0.1, 0.15) is 34.7 Å². The summed E-state index contributed by atoms with van der Waals surface area (Å²) in [6, 6.07) is 17.1. The van der Waals surface area contributed by atoms with E-state index in [0.29, 0.717) is 22.3 Å². The molecule has 0 radical (unpaired) electrons. The number of rotatable bonds is 5. The number of nitrogens with zero attached hydrogens (tertiary/aromatic N) is 2. The summed E-state index contributed by atoms with van der Waals surface area (Å²) in [4.78, 5) is 49.9. The zero-order valence-corrected chi connectivity index (χ0v) is 22.5. The smallest absolute Gasteiger partial charge is 0.329 e. The number of ether oxygens (including phenoxy) is 1. The van der Waals surface area contributed by atoms with E-state index in [4.69, 9.17) is 39.5 Å². The van der Waals surface area contributed by atoms with E-state index in [9.17, 15) is 24.5 Å². The van der Waals surface area contributed by atoms with E-state index in [1.54, 1.807) is 24.3 Å². The lowest BCUT2D eigenvalue weighted by molar-refractivity contribution is -0.385. The Hall–Kier alpha value is -3.46. The number of carbonyl (C=O) groups excluding carboxylic acids is 3. The normalized spacial score (nSPS) is 27.0. The van der Waals surface area contributed by atoms with Crippen LogP contribution in [0.2, 0.25) is 5.02 Å². The monoisotopic (exact) mass is 584 g/mol. The molecular formula is C28H19Cl3N2O6. The molecule has 198 valence electrons. The molecule has 0 N–H and O–H groups in total. The molecular weight excluding hydrogens is 567 g/mol. The van der Waals surface area contributed by atoms with E-state index in [1.165, 1.54) is 19.1 Å². The first-order chi connectivity index (χ1) is 18.5. The number of hydrogen-bond acceptors (Lipinski definition) is 6. The summed E-state index contributed by atoms with van der Waals surface area (Å²) in [6.07, 6.45) is 0. The van der Waals surface area contributed by atoms with Crippen molar-refractivity contribution in [2.24, 2.45) is 11.8 Å². The number of hydrogen-bond donors (Lipinski definition) is 0. The molecule has 0 unspecified atom stereocenters. The Morgan fingerprint density at radius 2 is 1.41 bits per heavy atom. The molecule has 2 amide bonds. The molecule has 7 rings (SSSR count). The SMILES string of the molecule is C[C@H](C(=O)OCc1ccc(Cl)cc1[N+](=O)[O-])N1C(=O)[C@H]2[C@H](C1=O)C1(Cl)c3ccccc3C2(Cl)c2ccccc21. The van der Waals surface area contributed by atoms with Crippen LogP contribution in [0.15, 0.2) is 66.7 Å². The van der Waals surface area contributed by atoms with Crippen LogP contribution in [0.4, 0.5) is 5.69 Å². The van der Waals surface area contributed by atoms with Gasteiger partial charge in [0.1, 0.15) is 22.4 Å². The van der Waals surface area contributed by atoms with Crippen LogP contribution in [0.3, 0.4) is 0 Å². The van der Waals surface area contributed by atoms with Gasteiger partial charge in [-0.3, -0.25) is 24.6 Å². The fraction of sp³-hybridized carbons (Fsp3) is 0.250. The van der Waals surface area contributed by atoms with E-state index in [-0.39, 0.29) is 16.3 Å². The number of nitro groups is 1. The Morgan fingerprint density at radius 1 is 0.949 bits per heavy atom. The van der Waals surface area contributed by atoms with Crippen LogP contribution in [0, 0.1) is 22.0 Å². The maximum absolute atomic E-state index is 14.0. The lowest BCUT2D eigenvalue weighted by Gasteiger charge is -2.54. The Kier molecular flexibility index (Phi) is 5.81. The number of amides is 2. The van der Waals surface area contributed by atoms with Crippen LogP contribution in [0.25, 0.3) is 0 Å². The summed E-state index contributed by atoms with van der Waals surface area (Å²) in [5.74, 6) is -4.27. The van der Waals surface area contributed by atoms with Gasteiger partial charge in [-0.1, -0.05) is 60.1 Å². The Balaban J connectivity index is 1.35. The van der Waals surface area contributed by atoms with Gasteiger partial charge in [0.2, 0.25) is 11.8 Å². The Labute approximate surface area is 237 Å². The summed E-state index contributed by atoms with van der Waals surface area (Å²) in [5, 5.41) is 11.5. The Morgan fingerprint density at radius 3 is 1.85 bits per heavy atom. The van der Waals surface area contributed by atoms with Crippen molar-refractivity contribution in [3.05, 3.63) is 110 Å². The minimum atomic E-state index is -1.37. The number of likely N-dealkylation sites (tertiary alicyclic amines) is 1. The van der Waals surface area contributed by atoms with Gasteiger partial charge in [-0.2, -0.15) is 0 Å². The average Bonchev–Trinajstić information content (AvgIpc) is 3.21. The third-order valence-electron chi connectivity index (χ3n) is 7.96. The van der Waals surface area contributed by atoms with Crippen LogP contribution < -0.4 is 0 Å². The highest BCUT2D eigenvalue weighted by Gasteiger charge is 2.73. The van der Waals surface area contributed by atoms with E-state index in [1.807, 2.05) is 24.3 Å². The average molecular weight is 586 g/mol. The van der Waals surface area contributed by atoms with Crippen molar-refractivity contribution in [2.45, 2.75) is 29.3 Å². The van der Waals surface area contributed by atoms with Crippen molar-refractivity contribution in [3.8, 4) is 0 Å².